The number of carbonyl (C=O) groups excluding carboxylic acids is 2. The molecule has 2 aromatic rings. The molecular formula is C21H24N4O3. The molecule has 1 amide bonds. The van der Waals surface area contributed by atoms with E-state index in [9.17, 15) is 9.59 Å². The average Bonchev–Trinajstić information content (AvgIpc) is 2.98. The summed E-state index contributed by atoms with van der Waals surface area (Å²) < 4.78 is 5.12. The van der Waals surface area contributed by atoms with Crippen LogP contribution in [0.1, 0.15) is 28.2 Å². The maximum absolute atomic E-state index is 12.8. The van der Waals surface area contributed by atoms with Crippen LogP contribution in [0.5, 0.6) is 0 Å². The van der Waals surface area contributed by atoms with E-state index in [0.717, 1.165) is 18.8 Å². The third-order valence-corrected chi connectivity index (χ3v) is 4.62. The molecule has 146 valence electrons. The molecule has 1 saturated heterocycles. The Morgan fingerprint density at radius 2 is 2.04 bits per heavy atom. The predicted octanol–water partition coefficient (Wildman–Crippen LogP) is 2.85. The van der Waals surface area contributed by atoms with E-state index in [4.69, 9.17) is 4.74 Å². The second kappa shape index (κ2) is 9.12. The van der Waals surface area contributed by atoms with Gasteiger partial charge in [-0.3, -0.25) is 9.78 Å². The molecule has 0 aliphatic carbocycles. The van der Waals surface area contributed by atoms with Crippen LogP contribution >= 0.6 is 0 Å². The number of hydrogen-bond donors (Lipinski definition) is 0. The molecule has 0 N–H and O–H groups in total. The van der Waals surface area contributed by atoms with Crippen molar-refractivity contribution in [3.8, 4) is 0 Å². The molecule has 28 heavy (non-hydrogen) atoms. The molecule has 2 aromatic heterocycles. The highest BCUT2D eigenvalue weighted by molar-refractivity contribution is 6.08. The number of ether oxygens (including phenoxy) is 1. The number of hydrogen-bond acceptors (Lipinski definition) is 6. The van der Waals surface area contributed by atoms with Gasteiger partial charge >= 0.3 is 6.09 Å². The largest absolute Gasteiger partial charge is 0.445 e. The molecule has 1 aliphatic heterocycles. The number of ketones is 1. The van der Waals surface area contributed by atoms with Gasteiger partial charge in [0.1, 0.15) is 18.1 Å². The lowest BCUT2D eigenvalue weighted by Gasteiger charge is -2.22. The number of rotatable bonds is 5. The Bertz CT molecular complexity index is 868. The highest BCUT2D eigenvalue weighted by Gasteiger charge is 2.21. The molecule has 0 saturated carbocycles. The summed E-state index contributed by atoms with van der Waals surface area (Å²) in [4.78, 5) is 37.4. The minimum Gasteiger partial charge on any atom is -0.445 e. The lowest BCUT2D eigenvalue weighted by atomic mass is 10.1. The molecule has 0 radical (unpaired) electrons. The van der Waals surface area contributed by atoms with Gasteiger partial charge in [0, 0.05) is 43.6 Å². The Hall–Kier alpha value is -3.22. The van der Waals surface area contributed by atoms with E-state index in [1.165, 1.54) is 0 Å². The summed E-state index contributed by atoms with van der Waals surface area (Å²) in [5.41, 5.74) is 1.63. The topological polar surface area (TPSA) is 75.6 Å². The van der Waals surface area contributed by atoms with Gasteiger partial charge in [-0.1, -0.05) is 18.7 Å². The highest BCUT2D eigenvalue weighted by Crippen LogP contribution is 2.17. The molecule has 7 heteroatoms. The van der Waals surface area contributed by atoms with Crippen LogP contribution < -0.4 is 4.90 Å². The van der Waals surface area contributed by atoms with Crippen molar-refractivity contribution in [2.45, 2.75) is 13.3 Å². The van der Waals surface area contributed by atoms with Gasteiger partial charge in [0.25, 0.3) is 0 Å². The Balaban J connectivity index is 1.72. The van der Waals surface area contributed by atoms with Gasteiger partial charge in [-0.15, -0.1) is 0 Å². The molecule has 7 nitrogen and oxygen atoms in total. The SMILES string of the molecule is C=CCOC(=O)N1CCCN(c2cccc(C(=O)c3cccnc3C)n2)CC1. The fourth-order valence-electron chi connectivity index (χ4n) is 3.14. The van der Waals surface area contributed by atoms with E-state index < -0.39 is 0 Å². The zero-order valence-electron chi connectivity index (χ0n) is 16.0. The van der Waals surface area contributed by atoms with Crippen LogP contribution in [0.2, 0.25) is 0 Å². The minimum atomic E-state index is -0.328. The number of nitrogens with zero attached hydrogens (tertiary/aromatic N) is 4. The van der Waals surface area contributed by atoms with Crippen molar-refractivity contribution < 1.29 is 14.3 Å². The third-order valence-electron chi connectivity index (χ3n) is 4.62. The standard InChI is InChI=1S/C21H24N4O3/c1-3-15-28-21(27)25-12-6-11-24(13-14-25)19-9-4-8-18(23-19)20(26)17-7-5-10-22-16(17)2/h3-5,7-10H,1,6,11-15H2,2H3. The molecule has 0 spiro atoms. The van der Waals surface area contributed by atoms with Gasteiger partial charge in [0.05, 0.1) is 0 Å². The van der Waals surface area contributed by atoms with Crippen molar-refractivity contribution in [1.29, 1.82) is 0 Å². The summed E-state index contributed by atoms with van der Waals surface area (Å²) >= 11 is 0. The minimum absolute atomic E-state index is 0.142. The van der Waals surface area contributed by atoms with E-state index >= 15 is 0 Å². The summed E-state index contributed by atoms with van der Waals surface area (Å²) in [5.74, 6) is 0.589. The first-order valence-corrected chi connectivity index (χ1v) is 9.31. The van der Waals surface area contributed by atoms with Crippen LogP contribution in [-0.2, 0) is 4.74 Å². The Kier molecular flexibility index (Phi) is 6.37. The maximum Gasteiger partial charge on any atom is 0.410 e. The van der Waals surface area contributed by atoms with E-state index in [0.29, 0.717) is 36.6 Å². The number of amides is 1. The quantitative estimate of drug-likeness (QED) is 0.586. The van der Waals surface area contributed by atoms with Gasteiger partial charge < -0.3 is 14.5 Å². The van der Waals surface area contributed by atoms with Crippen molar-refractivity contribution >= 4 is 17.7 Å². The van der Waals surface area contributed by atoms with Gasteiger partial charge in [-0.2, -0.15) is 0 Å². The maximum atomic E-state index is 12.8. The summed E-state index contributed by atoms with van der Waals surface area (Å²) in [5, 5.41) is 0. The van der Waals surface area contributed by atoms with Crippen LogP contribution in [0, 0.1) is 6.92 Å². The van der Waals surface area contributed by atoms with Gasteiger partial charge in [0.2, 0.25) is 5.78 Å². The highest BCUT2D eigenvalue weighted by atomic mass is 16.6. The Labute approximate surface area is 164 Å². The van der Waals surface area contributed by atoms with Crippen LogP contribution in [0.25, 0.3) is 0 Å². The van der Waals surface area contributed by atoms with Crippen LogP contribution in [0.15, 0.2) is 49.2 Å². The first-order valence-electron chi connectivity index (χ1n) is 9.31. The van der Waals surface area contributed by atoms with E-state index in [1.807, 2.05) is 19.1 Å². The zero-order chi connectivity index (χ0) is 19.9. The first-order chi connectivity index (χ1) is 13.6. The van der Waals surface area contributed by atoms with Gasteiger partial charge in [-0.05, 0) is 37.6 Å². The molecule has 1 aliphatic rings. The monoisotopic (exact) mass is 380 g/mol. The summed E-state index contributed by atoms with van der Waals surface area (Å²) in [7, 11) is 0. The van der Waals surface area contributed by atoms with Crippen molar-refractivity contribution in [3.05, 3.63) is 66.1 Å². The predicted molar refractivity (Wildman–Crippen MR) is 107 cm³/mol. The normalized spacial score (nSPS) is 14.3. The van der Waals surface area contributed by atoms with Crippen LogP contribution in [0.4, 0.5) is 10.6 Å². The second-order valence-corrected chi connectivity index (χ2v) is 6.54. The number of anilines is 1. The fraction of sp³-hybridized carbons (Fsp3) is 0.333. The summed E-state index contributed by atoms with van der Waals surface area (Å²) in [6.45, 7) is 8.11. The van der Waals surface area contributed by atoms with Crippen LogP contribution in [-0.4, -0.2) is 59.5 Å². The molecule has 3 heterocycles. The van der Waals surface area contributed by atoms with Crippen molar-refractivity contribution in [2.24, 2.45) is 0 Å². The summed E-state index contributed by atoms with van der Waals surface area (Å²) in [6, 6.07) is 8.95. The number of pyridine rings is 2. The Morgan fingerprint density at radius 1 is 1.18 bits per heavy atom. The molecule has 0 atom stereocenters. The lowest BCUT2D eigenvalue weighted by Crippen LogP contribution is -2.35. The molecule has 1 fully saturated rings. The third kappa shape index (κ3) is 4.54. The molecule has 3 rings (SSSR count). The van der Waals surface area contributed by atoms with Gasteiger partial charge in [0.15, 0.2) is 0 Å². The van der Waals surface area contributed by atoms with Gasteiger partial charge in [-0.25, -0.2) is 9.78 Å². The lowest BCUT2D eigenvalue weighted by molar-refractivity contribution is 0.103. The first kappa shape index (κ1) is 19.5. The molecular weight excluding hydrogens is 356 g/mol. The smallest absolute Gasteiger partial charge is 0.410 e. The second-order valence-electron chi connectivity index (χ2n) is 6.54. The van der Waals surface area contributed by atoms with Crippen molar-refractivity contribution in [3.63, 3.8) is 0 Å². The fourth-order valence-corrected chi connectivity index (χ4v) is 3.14. The van der Waals surface area contributed by atoms with Crippen molar-refractivity contribution in [1.82, 2.24) is 14.9 Å². The van der Waals surface area contributed by atoms with Crippen molar-refractivity contribution in [2.75, 3.05) is 37.7 Å². The average molecular weight is 380 g/mol. The number of carbonyl (C=O) groups is 2. The van der Waals surface area contributed by atoms with E-state index in [2.05, 4.69) is 21.4 Å². The molecule has 0 unspecified atom stereocenters. The molecule has 0 aromatic carbocycles. The van der Waals surface area contributed by atoms with Crippen LogP contribution in [0.3, 0.4) is 0 Å². The summed E-state index contributed by atoms with van der Waals surface area (Å²) in [6.07, 6.45) is 3.69. The van der Waals surface area contributed by atoms with E-state index in [-0.39, 0.29) is 18.5 Å². The molecule has 0 bridgehead atoms. The van der Waals surface area contributed by atoms with E-state index in [1.54, 1.807) is 35.4 Å². The number of aromatic nitrogens is 2. The Morgan fingerprint density at radius 3 is 2.82 bits per heavy atom. The number of aryl methyl sites for hydroxylation is 1. The zero-order valence-corrected chi connectivity index (χ0v) is 16.0.